The molecule has 10 heteroatoms. The van der Waals surface area contributed by atoms with Crippen LogP contribution in [0.5, 0.6) is 11.5 Å². The third-order valence-electron chi connectivity index (χ3n) is 6.65. The number of rotatable bonds is 7. The number of nitrogens with one attached hydrogen (secondary N) is 3. The SMILES string of the molecule is CC(C)c1ccc(NS(=O)(=O)c2ccc3[nH]cc(C(=O)N[C@H](C)c4ccc5c(c4)OCCO5)c(=O)c3c2)cc1. The molecule has 9 nitrogen and oxygen atoms in total. The topological polar surface area (TPSA) is 127 Å². The highest BCUT2D eigenvalue weighted by Gasteiger charge is 2.21. The Hall–Kier alpha value is -4.31. The summed E-state index contributed by atoms with van der Waals surface area (Å²) in [5.74, 6) is 0.972. The number of H-pyrrole nitrogens is 1. The van der Waals surface area contributed by atoms with Crippen molar-refractivity contribution in [2.24, 2.45) is 0 Å². The fourth-order valence-electron chi connectivity index (χ4n) is 4.37. The molecule has 1 aromatic heterocycles. The second-order valence-electron chi connectivity index (χ2n) is 9.72. The summed E-state index contributed by atoms with van der Waals surface area (Å²) in [5.41, 5.74) is 1.99. The molecule has 0 bridgehead atoms. The molecule has 1 aliphatic rings. The Morgan fingerprint density at radius 2 is 1.59 bits per heavy atom. The predicted molar refractivity (Wildman–Crippen MR) is 149 cm³/mol. The lowest BCUT2D eigenvalue weighted by molar-refractivity contribution is 0.0938. The molecule has 0 aliphatic carbocycles. The van der Waals surface area contributed by atoms with Gasteiger partial charge in [0.1, 0.15) is 18.8 Å². The fraction of sp³-hybridized carbons (Fsp3) is 0.241. The van der Waals surface area contributed by atoms with E-state index in [2.05, 4.69) is 28.9 Å². The molecule has 202 valence electrons. The van der Waals surface area contributed by atoms with Crippen molar-refractivity contribution >= 4 is 32.5 Å². The van der Waals surface area contributed by atoms with Crippen molar-refractivity contribution in [1.82, 2.24) is 10.3 Å². The third-order valence-corrected chi connectivity index (χ3v) is 8.03. The minimum absolute atomic E-state index is 0.0874. The Balaban J connectivity index is 1.38. The second-order valence-corrected chi connectivity index (χ2v) is 11.4. The molecule has 0 fully saturated rings. The number of carbonyl (C=O) groups excluding carboxylic acids is 1. The molecule has 2 heterocycles. The molecule has 1 atom stereocenters. The number of sulfonamides is 1. The normalized spacial score (nSPS) is 13.7. The van der Waals surface area contributed by atoms with E-state index in [0.717, 1.165) is 11.1 Å². The molecule has 3 N–H and O–H groups in total. The number of hydrogen-bond acceptors (Lipinski definition) is 6. The van der Waals surface area contributed by atoms with Gasteiger partial charge in [0.15, 0.2) is 11.5 Å². The maximum atomic E-state index is 13.3. The number of anilines is 1. The van der Waals surface area contributed by atoms with E-state index < -0.39 is 27.4 Å². The van der Waals surface area contributed by atoms with Crippen LogP contribution in [0.2, 0.25) is 0 Å². The molecular weight excluding hydrogens is 518 g/mol. The zero-order chi connectivity index (χ0) is 27.7. The van der Waals surface area contributed by atoms with Gasteiger partial charge in [-0.15, -0.1) is 0 Å². The van der Waals surface area contributed by atoms with Gasteiger partial charge < -0.3 is 19.8 Å². The summed E-state index contributed by atoms with van der Waals surface area (Å²) in [7, 11) is -3.98. The Bertz CT molecular complexity index is 1710. The van der Waals surface area contributed by atoms with Crippen molar-refractivity contribution in [2.45, 2.75) is 37.6 Å². The summed E-state index contributed by atoms with van der Waals surface area (Å²) < 4.78 is 39.9. The monoisotopic (exact) mass is 547 g/mol. The number of fused-ring (bicyclic) bond motifs is 2. The van der Waals surface area contributed by atoms with E-state index in [-0.39, 0.29) is 15.8 Å². The lowest BCUT2D eigenvalue weighted by Gasteiger charge is -2.21. The number of hydrogen-bond donors (Lipinski definition) is 3. The van der Waals surface area contributed by atoms with Gasteiger partial charge in [-0.1, -0.05) is 32.0 Å². The highest BCUT2D eigenvalue weighted by atomic mass is 32.2. The molecule has 0 radical (unpaired) electrons. The van der Waals surface area contributed by atoms with Gasteiger partial charge in [-0.2, -0.15) is 0 Å². The molecule has 0 saturated carbocycles. The van der Waals surface area contributed by atoms with Gasteiger partial charge in [-0.25, -0.2) is 8.42 Å². The van der Waals surface area contributed by atoms with E-state index in [1.165, 1.54) is 24.4 Å². The first-order valence-electron chi connectivity index (χ1n) is 12.6. The summed E-state index contributed by atoms with van der Waals surface area (Å²) in [6.45, 7) is 6.83. The highest BCUT2D eigenvalue weighted by molar-refractivity contribution is 7.92. The van der Waals surface area contributed by atoms with E-state index in [0.29, 0.717) is 41.8 Å². The summed E-state index contributed by atoms with van der Waals surface area (Å²) in [5, 5.41) is 2.92. The summed E-state index contributed by atoms with van der Waals surface area (Å²) in [6.07, 6.45) is 1.33. The molecule has 0 spiro atoms. The summed E-state index contributed by atoms with van der Waals surface area (Å²) in [4.78, 5) is 29.2. The Labute approximate surface area is 226 Å². The van der Waals surface area contributed by atoms with E-state index in [4.69, 9.17) is 9.47 Å². The van der Waals surface area contributed by atoms with E-state index in [1.807, 2.05) is 18.2 Å². The molecule has 5 rings (SSSR count). The number of aromatic amines is 1. The van der Waals surface area contributed by atoms with E-state index >= 15 is 0 Å². The average Bonchev–Trinajstić information content (AvgIpc) is 2.92. The van der Waals surface area contributed by atoms with Gasteiger partial charge in [0.2, 0.25) is 5.43 Å². The minimum Gasteiger partial charge on any atom is -0.486 e. The van der Waals surface area contributed by atoms with Crippen LogP contribution in [0, 0.1) is 0 Å². The van der Waals surface area contributed by atoms with Crippen molar-refractivity contribution in [3.8, 4) is 11.5 Å². The van der Waals surface area contributed by atoms with Crippen LogP contribution in [-0.4, -0.2) is 32.5 Å². The van der Waals surface area contributed by atoms with Crippen LogP contribution in [0.15, 0.2) is 76.6 Å². The number of ether oxygens (including phenoxy) is 2. The first-order chi connectivity index (χ1) is 18.6. The van der Waals surface area contributed by atoms with Crippen molar-refractivity contribution in [2.75, 3.05) is 17.9 Å². The van der Waals surface area contributed by atoms with Crippen LogP contribution < -0.4 is 24.9 Å². The average molecular weight is 548 g/mol. The lowest BCUT2D eigenvalue weighted by atomic mass is 10.0. The number of pyridine rings is 1. The lowest BCUT2D eigenvalue weighted by Crippen LogP contribution is -2.31. The van der Waals surface area contributed by atoms with Gasteiger partial charge >= 0.3 is 0 Å². The number of aromatic nitrogens is 1. The van der Waals surface area contributed by atoms with Crippen LogP contribution >= 0.6 is 0 Å². The van der Waals surface area contributed by atoms with Crippen LogP contribution in [0.3, 0.4) is 0 Å². The molecule has 3 aromatic carbocycles. The molecule has 4 aromatic rings. The van der Waals surface area contributed by atoms with Crippen molar-refractivity contribution in [3.05, 3.63) is 93.8 Å². The summed E-state index contributed by atoms with van der Waals surface area (Å²) >= 11 is 0. The van der Waals surface area contributed by atoms with Crippen LogP contribution in [-0.2, 0) is 10.0 Å². The van der Waals surface area contributed by atoms with Crippen molar-refractivity contribution in [3.63, 3.8) is 0 Å². The first-order valence-corrected chi connectivity index (χ1v) is 14.1. The fourth-order valence-corrected chi connectivity index (χ4v) is 5.46. The molecule has 0 saturated heterocycles. The Morgan fingerprint density at radius 1 is 0.897 bits per heavy atom. The van der Waals surface area contributed by atoms with Crippen LogP contribution in [0.25, 0.3) is 10.9 Å². The predicted octanol–water partition coefficient (Wildman–Crippen LogP) is 4.71. The van der Waals surface area contributed by atoms with Crippen molar-refractivity contribution < 1.29 is 22.7 Å². The molecule has 1 amide bonds. The Morgan fingerprint density at radius 3 is 2.31 bits per heavy atom. The third kappa shape index (κ3) is 5.46. The largest absolute Gasteiger partial charge is 0.486 e. The Kier molecular flexibility index (Phi) is 7.05. The van der Waals surface area contributed by atoms with Gasteiger partial charge in [0.25, 0.3) is 15.9 Å². The van der Waals surface area contributed by atoms with E-state index in [1.54, 1.807) is 31.2 Å². The number of carbonyl (C=O) groups is 1. The van der Waals surface area contributed by atoms with Crippen LogP contribution in [0.4, 0.5) is 5.69 Å². The highest BCUT2D eigenvalue weighted by Crippen LogP contribution is 2.32. The first kappa shape index (κ1) is 26.3. The van der Waals surface area contributed by atoms with Gasteiger partial charge in [-0.05, 0) is 66.4 Å². The second kappa shape index (κ2) is 10.5. The number of benzene rings is 3. The zero-order valence-corrected chi connectivity index (χ0v) is 22.6. The maximum absolute atomic E-state index is 13.3. The standard InChI is InChI=1S/C29H29N3O6S/c1-17(2)19-4-7-21(8-5-19)32-39(35,36)22-9-10-25-23(15-22)28(33)24(16-30-25)29(34)31-18(3)20-6-11-26-27(14-20)38-13-12-37-26/h4-11,14-18,32H,12-13H2,1-3H3,(H,30,33)(H,31,34)/t18-/m1/s1. The smallest absolute Gasteiger partial charge is 0.261 e. The molecule has 0 unspecified atom stereocenters. The van der Waals surface area contributed by atoms with Gasteiger partial charge in [0.05, 0.1) is 10.9 Å². The van der Waals surface area contributed by atoms with E-state index in [9.17, 15) is 18.0 Å². The van der Waals surface area contributed by atoms with Gasteiger partial charge in [-0.3, -0.25) is 14.3 Å². The zero-order valence-electron chi connectivity index (χ0n) is 21.8. The molecular formula is C29H29N3O6S. The minimum atomic E-state index is -3.98. The van der Waals surface area contributed by atoms with Crippen LogP contribution in [0.1, 0.15) is 54.2 Å². The summed E-state index contributed by atoms with van der Waals surface area (Å²) in [6, 6.07) is 16.3. The number of amides is 1. The maximum Gasteiger partial charge on any atom is 0.261 e. The molecule has 1 aliphatic heterocycles. The molecule has 39 heavy (non-hydrogen) atoms. The quantitative estimate of drug-likeness (QED) is 0.308. The van der Waals surface area contributed by atoms with Gasteiger partial charge in [0, 0.05) is 22.8 Å². The van der Waals surface area contributed by atoms with Crippen molar-refractivity contribution in [1.29, 1.82) is 0 Å².